The Labute approximate surface area is 105 Å². The molecule has 0 radical (unpaired) electrons. The minimum Gasteiger partial charge on any atom is -0.360 e. The quantitative estimate of drug-likeness (QED) is 0.745. The van der Waals surface area contributed by atoms with Crippen LogP contribution >= 0.6 is 0 Å². The highest BCUT2D eigenvalue weighted by atomic mass is 16.5. The maximum absolute atomic E-state index is 11.6. The molecule has 0 aliphatic carbocycles. The highest BCUT2D eigenvalue weighted by molar-refractivity contribution is 5.93. The maximum Gasteiger partial charge on any atom is 0.245 e. The molecule has 0 saturated heterocycles. The smallest absolute Gasteiger partial charge is 0.245 e. The van der Waals surface area contributed by atoms with Gasteiger partial charge >= 0.3 is 0 Å². The molecule has 1 rings (SSSR count). The van der Waals surface area contributed by atoms with Gasteiger partial charge in [0.05, 0.1) is 13.1 Å². The van der Waals surface area contributed by atoms with Gasteiger partial charge in [-0.25, -0.2) is 0 Å². The predicted molar refractivity (Wildman–Crippen MR) is 66.1 cm³/mol. The Morgan fingerprint density at radius 3 is 2.78 bits per heavy atom. The highest BCUT2D eigenvalue weighted by Crippen LogP contribution is 2.06. The van der Waals surface area contributed by atoms with Crippen LogP contribution in [0.4, 0.5) is 5.82 Å². The summed E-state index contributed by atoms with van der Waals surface area (Å²) in [6, 6.07) is 1.61. The molecule has 0 unspecified atom stereocenters. The van der Waals surface area contributed by atoms with Crippen LogP contribution in [0.5, 0.6) is 0 Å². The van der Waals surface area contributed by atoms with E-state index in [0.717, 1.165) is 0 Å². The third-order valence-electron chi connectivity index (χ3n) is 2.23. The summed E-state index contributed by atoms with van der Waals surface area (Å²) in [5, 5.41) is 9.09. The second-order valence-electron chi connectivity index (χ2n) is 3.90. The van der Waals surface area contributed by atoms with Crippen molar-refractivity contribution in [1.82, 2.24) is 15.4 Å². The first-order valence-corrected chi connectivity index (χ1v) is 5.70. The second-order valence-corrected chi connectivity index (χ2v) is 3.90. The van der Waals surface area contributed by atoms with Crippen LogP contribution in [0.3, 0.4) is 0 Å². The van der Waals surface area contributed by atoms with E-state index in [1.54, 1.807) is 20.0 Å². The van der Waals surface area contributed by atoms with Crippen molar-refractivity contribution in [2.24, 2.45) is 0 Å². The van der Waals surface area contributed by atoms with Gasteiger partial charge in [0.2, 0.25) is 11.8 Å². The van der Waals surface area contributed by atoms with Gasteiger partial charge in [-0.2, -0.15) is 0 Å². The molecule has 0 aliphatic rings. The number of hydrogen-bond acceptors (Lipinski definition) is 5. The van der Waals surface area contributed by atoms with Crippen LogP contribution in [0.25, 0.3) is 0 Å². The fourth-order valence-corrected chi connectivity index (χ4v) is 1.28. The Bertz CT molecular complexity index is 416. The molecule has 0 fully saturated rings. The first kappa shape index (κ1) is 14.2. The molecular formula is C11H18N4O3. The van der Waals surface area contributed by atoms with Crippen LogP contribution in [0.1, 0.15) is 12.7 Å². The topological polar surface area (TPSA) is 87.5 Å². The number of likely N-dealkylation sites (N-methyl/N-ethyl adjacent to an activating group) is 2. The molecule has 1 aromatic heterocycles. The molecule has 0 bridgehead atoms. The maximum atomic E-state index is 11.6. The third kappa shape index (κ3) is 4.54. The summed E-state index contributed by atoms with van der Waals surface area (Å²) in [4.78, 5) is 24.5. The van der Waals surface area contributed by atoms with E-state index in [-0.39, 0.29) is 24.9 Å². The summed E-state index contributed by atoms with van der Waals surface area (Å²) in [5.41, 5.74) is 0. The molecule has 1 heterocycles. The number of nitrogens with zero attached hydrogens (tertiary/aromatic N) is 2. The number of amides is 2. The normalized spacial score (nSPS) is 10.2. The number of carbonyl (C=O) groups excluding carboxylic acids is 2. The lowest BCUT2D eigenvalue weighted by molar-refractivity contribution is -0.132. The van der Waals surface area contributed by atoms with Crippen LogP contribution in [0.2, 0.25) is 0 Å². The Kier molecular flexibility index (Phi) is 5.31. The molecule has 0 aromatic carbocycles. The Morgan fingerprint density at radius 2 is 2.22 bits per heavy atom. The number of aryl methyl sites for hydroxylation is 1. The summed E-state index contributed by atoms with van der Waals surface area (Å²) < 4.78 is 4.82. The van der Waals surface area contributed by atoms with Crippen LogP contribution < -0.4 is 10.6 Å². The number of rotatable bonds is 6. The molecule has 2 amide bonds. The molecule has 7 heteroatoms. The minimum absolute atomic E-state index is 0.0177. The Hall–Kier alpha value is -1.89. The monoisotopic (exact) mass is 254 g/mol. The third-order valence-corrected chi connectivity index (χ3v) is 2.23. The zero-order valence-corrected chi connectivity index (χ0v) is 10.8. The lowest BCUT2D eigenvalue weighted by Crippen LogP contribution is -2.40. The molecule has 1 aromatic rings. The van der Waals surface area contributed by atoms with Crippen LogP contribution in [-0.2, 0) is 9.59 Å². The van der Waals surface area contributed by atoms with Gasteiger partial charge in [-0.3, -0.25) is 9.59 Å². The van der Waals surface area contributed by atoms with Crippen molar-refractivity contribution in [1.29, 1.82) is 0 Å². The van der Waals surface area contributed by atoms with E-state index >= 15 is 0 Å². The molecular weight excluding hydrogens is 236 g/mol. The van der Waals surface area contributed by atoms with Gasteiger partial charge in [-0.1, -0.05) is 12.1 Å². The summed E-state index contributed by atoms with van der Waals surface area (Å²) >= 11 is 0. The van der Waals surface area contributed by atoms with Crippen molar-refractivity contribution < 1.29 is 14.1 Å². The average molecular weight is 254 g/mol. The fraction of sp³-hybridized carbons (Fsp3) is 0.545. The van der Waals surface area contributed by atoms with Gasteiger partial charge in [-0.05, 0) is 13.5 Å². The molecule has 0 saturated carbocycles. The van der Waals surface area contributed by atoms with Gasteiger partial charge in [0, 0.05) is 13.1 Å². The van der Waals surface area contributed by atoms with Gasteiger partial charge in [0.25, 0.3) is 0 Å². The van der Waals surface area contributed by atoms with Crippen molar-refractivity contribution in [2.45, 2.75) is 13.8 Å². The van der Waals surface area contributed by atoms with E-state index in [0.29, 0.717) is 18.1 Å². The molecule has 100 valence electrons. The number of hydrogen-bond donors (Lipinski definition) is 2. The zero-order chi connectivity index (χ0) is 13.5. The molecule has 0 atom stereocenters. The van der Waals surface area contributed by atoms with Crippen LogP contribution in [0.15, 0.2) is 10.6 Å². The van der Waals surface area contributed by atoms with E-state index < -0.39 is 0 Å². The number of nitrogens with one attached hydrogen (secondary N) is 2. The van der Waals surface area contributed by atoms with Gasteiger partial charge < -0.3 is 20.1 Å². The molecule has 0 aliphatic heterocycles. The summed E-state index contributed by atoms with van der Waals surface area (Å²) in [5.74, 6) is 0.519. The molecule has 18 heavy (non-hydrogen) atoms. The predicted octanol–water partition coefficient (Wildman–Crippen LogP) is -0.0106. The largest absolute Gasteiger partial charge is 0.360 e. The Morgan fingerprint density at radius 1 is 1.50 bits per heavy atom. The second kappa shape index (κ2) is 6.75. The highest BCUT2D eigenvalue weighted by Gasteiger charge is 2.13. The summed E-state index contributed by atoms with van der Waals surface area (Å²) in [6.45, 7) is 4.56. The van der Waals surface area contributed by atoms with Gasteiger partial charge in [0.1, 0.15) is 5.76 Å². The van der Waals surface area contributed by atoms with E-state index in [9.17, 15) is 9.59 Å². The van der Waals surface area contributed by atoms with Gasteiger partial charge in [0.15, 0.2) is 5.82 Å². The minimum atomic E-state index is -0.310. The van der Waals surface area contributed by atoms with Crippen molar-refractivity contribution in [3.8, 4) is 0 Å². The zero-order valence-electron chi connectivity index (χ0n) is 10.8. The standard InChI is InChI=1S/C11H18N4O3/c1-4-12-6-11(17)15(3)7-10(16)13-9-5-8(2)18-14-9/h5,12H,4,6-7H2,1-3H3,(H,13,14,16). The lowest BCUT2D eigenvalue weighted by Gasteiger charge is -2.16. The summed E-state index contributed by atoms with van der Waals surface area (Å²) in [6.07, 6.45) is 0. The first-order chi connectivity index (χ1) is 8.52. The van der Waals surface area contributed by atoms with Crippen LogP contribution in [0, 0.1) is 6.92 Å². The average Bonchev–Trinajstić information content (AvgIpc) is 2.71. The van der Waals surface area contributed by atoms with Crippen LogP contribution in [-0.4, -0.2) is 48.6 Å². The number of carbonyl (C=O) groups is 2. The lowest BCUT2D eigenvalue weighted by atomic mass is 10.4. The summed E-state index contributed by atoms with van der Waals surface area (Å²) in [7, 11) is 1.58. The van der Waals surface area contributed by atoms with Crippen molar-refractivity contribution in [2.75, 3.05) is 32.0 Å². The van der Waals surface area contributed by atoms with Gasteiger partial charge in [-0.15, -0.1) is 0 Å². The van der Waals surface area contributed by atoms with E-state index in [2.05, 4.69) is 15.8 Å². The number of aromatic nitrogens is 1. The van der Waals surface area contributed by atoms with Crippen molar-refractivity contribution in [3.63, 3.8) is 0 Å². The molecule has 7 nitrogen and oxygen atoms in total. The number of anilines is 1. The van der Waals surface area contributed by atoms with E-state index in [1.807, 2.05) is 6.92 Å². The van der Waals surface area contributed by atoms with E-state index in [4.69, 9.17) is 4.52 Å². The molecule has 0 spiro atoms. The Balaban J connectivity index is 2.37. The first-order valence-electron chi connectivity index (χ1n) is 5.70. The molecule has 2 N–H and O–H groups in total. The SMILES string of the molecule is CCNCC(=O)N(C)CC(=O)Nc1cc(C)on1. The van der Waals surface area contributed by atoms with Crippen molar-refractivity contribution in [3.05, 3.63) is 11.8 Å². The van der Waals surface area contributed by atoms with Crippen molar-refractivity contribution >= 4 is 17.6 Å². The fourth-order valence-electron chi connectivity index (χ4n) is 1.28. The van der Waals surface area contributed by atoms with E-state index in [1.165, 1.54) is 4.90 Å².